The summed E-state index contributed by atoms with van der Waals surface area (Å²) >= 11 is 0. The van der Waals surface area contributed by atoms with Gasteiger partial charge in [-0.1, -0.05) is 0 Å². The van der Waals surface area contributed by atoms with E-state index < -0.39 is 34.1 Å². The number of fused-ring (bicyclic) bond motifs is 1. The van der Waals surface area contributed by atoms with E-state index in [-0.39, 0.29) is 40.1 Å². The van der Waals surface area contributed by atoms with Gasteiger partial charge in [0.25, 0.3) is 11.8 Å². The van der Waals surface area contributed by atoms with Gasteiger partial charge in [0, 0.05) is 30.1 Å². The second-order valence-electron chi connectivity index (χ2n) is 8.57. The first-order chi connectivity index (χ1) is 16.8. The van der Waals surface area contributed by atoms with Gasteiger partial charge in [0.05, 0.1) is 22.6 Å². The molecule has 3 aromatic heterocycles. The van der Waals surface area contributed by atoms with E-state index in [0.717, 1.165) is 12.3 Å². The number of aromatic nitrogens is 3. The molecule has 1 aliphatic rings. The average Bonchev–Trinajstić information content (AvgIpc) is 3.24. The lowest BCUT2D eigenvalue weighted by molar-refractivity contribution is -0.153. The summed E-state index contributed by atoms with van der Waals surface area (Å²) in [5, 5.41) is 16.1. The van der Waals surface area contributed by atoms with Gasteiger partial charge in [-0.15, -0.1) is 0 Å². The normalized spacial score (nSPS) is 16.8. The summed E-state index contributed by atoms with van der Waals surface area (Å²) in [7, 11) is -3.09. The minimum Gasteiger partial charge on any atom is -0.478 e. The summed E-state index contributed by atoms with van der Waals surface area (Å²) in [6.45, 7) is 0.190. The van der Waals surface area contributed by atoms with Crippen LogP contribution in [-0.4, -0.2) is 58.8 Å². The number of halogens is 3. The number of pyridine rings is 2. The van der Waals surface area contributed by atoms with Crippen LogP contribution in [-0.2, 0) is 9.84 Å². The zero-order chi connectivity index (χ0) is 26.1. The minimum atomic E-state index is -4.60. The summed E-state index contributed by atoms with van der Waals surface area (Å²) in [5.74, 6) is -0.947. The van der Waals surface area contributed by atoms with Crippen LogP contribution in [0.4, 0.5) is 13.2 Å². The van der Waals surface area contributed by atoms with Gasteiger partial charge in [-0.25, -0.2) is 17.9 Å². The topological polar surface area (TPSA) is 136 Å². The number of carbonyl (C=O) groups is 1. The third kappa shape index (κ3) is 6.03. The number of ether oxygens (including phenoxy) is 2. The second-order valence-corrected chi connectivity index (χ2v) is 10.9. The van der Waals surface area contributed by atoms with Gasteiger partial charge in [0.15, 0.2) is 18.1 Å². The van der Waals surface area contributed by atoms with Crippen molar-refractivity contribution >= 4 is 21.3 Å². The van der Waals surface area contributed by atoms with Crippen molar-refractivity contribution < 1.29 is 35.9 Å². The Kier molecular flexibility index (Phi) is 6.52. The van der Waals surface area contributed by atoms with E-state index in [1.165, 1.54) is 28.9 Å². The number of rotatable bonds is 6. The summed E-state index contributed by atoms with van der Waals surface area (Å²) in [5.41, 5.74) is -0.154. The largest absolute Gasteiger partial charge is 0.478 e. The molecule has 36 heavy (non-hydrogen) atoms. The number of nitriles is 1. The van der Waals surface area contributed by atoms with Crippen LogP contribution in [0.25, 0.3) is 5.52 Å². The lowest BCUT2D eigenvalue weighted by atomic mass is 9.94. The highest BCUT2D eigenvalue weighted by Gasteiger charge is 2.35. The maximum absolute atomic E-state index is 12.8. The standard InChI is InChI=1S/C22H20F3N5O5S/c1-21(3-6-36(32,33)7-4-21)28-19(31)17-10-15-9-16(2-5-30(15)29-17)35-20-18(34-13-22(23,24)25)8-14(11-26)12-27-20/h2,5,8-10,12H,3-4,6-7,13H2,1H3,(H,28,31). The summed E-state index contributed by atoms with van der Waals surface area (Å²) < 4.78 is 73.0. The van der Waals surface area contributed by atoms with Gasteiger partial charge in [0.1, 0.15) is 21.7 Å². The SMILES string of the molecule is CC1(NC(=O)c2cc3cc(Oc4ncc(C#N)cc4OCC(F)(F)F)ccn3n2)CCS(=O)(=O)CC1. The maximum Gasteiger partial charge on any atom is 0.422 e. The Balaban J connectivity index is 1.52. The Morgan fingerprint density at radius 1 is 1.28 bits per heavy atom. The van der Waals surface area contributed by atoms with Gasteiger partial charge >= 0.3 is 6.18 Å². The Hall–Kier alpha value is -3.86. The highest BCUT2D eigenvalue weighted by Crippen LogP contribution is 2.32. The molecule has 0 atom stereocenters. The van der Waals surface area contributed by atoms with Crippen molar-refractivity contribution in [2.75, 3.05) is 18.1 Å². The lowest BCUT2D eigenvalue weighted by Crippen LogP contribution is -2.51. The quantitative estimate of drug-likeness (QED) is 0.521. The molecule has 0 spiro atoms. The van der Waals surface area contributed by atoms with Crippen molar-refractivity contribution in [3.63, 3.8) is 0 Å². The molecule has 0 aromatic carbocycles. The van der Waals surface area contributed by atoms with Gasteiger partial charge in [-0.3, -0.25) is 4.79 Å². The number of alkyl halides is 3. The molecule has 0 saturated carbocycles. The van der Waals surface area contributed by atoms with Crippen molar-refractivity contribution in [3.05, 3.63) is 47.9 Å². The predicted octanol–water partition coefficient (Wildman–Crippen LogP) is 3.03. The molecule has 4 rings (SSSR count). The van der Waals surface area contributed by atoms with E-state index in [0.29, 0.717) is 18.4 Å². The third-order valence-electron chi connectivity index (χ3n) is 5.57. The number of amides is 1. The molecule has 190 valence electrons. The molecule has 0 radical (unpaired) electrons. The van der Waals surface area contributed by atoms with Crippen LogP contribution in [0.2, 0.25) is 0 Å². The van der Waals surface area contributed by atoms with Crippen LogP contribution in [0.3, 0.4) is 0 Å². The van der Waals surface area contributed by atoms with Crippen LogP contribution in [0.1, 0.15) is 35.8 Å². The maximum atomic E-state index is 12.8. The third-order valence-corrected chi connectivity index (χ3v) is 7.22. The van der Waals surface area contributed by atoms with Crippen LogP contribution in [0.5, 0.6) is 17.4 Å². The molecule has 14 heteroatoms. The fourth-order valence-corrected chi connectivity index (χ4v) is 5.27. The highest BCUT2D eigenvalue weighted by atomic mass is 32.2. The molecule has 3 aromatic rings. The molecule has 1 aliphatic heterocycles. The minimum absolute atomic E-state index is 0.00625. The van der Waals surface area contributed by atoms with Crippen molar-refractivity contribution in [1.82, 2.24) is 19.9 Å². The Labute approximate surface area is 203 Å². The first-order valence-electron chi connectivity index (χ1n) is 10.6. The van der Waals surface area contributed by atoms with E-state index >= 15 is 0 Å². The monoisotopic (exact) mass is 523 g/mol. The zero-order valence-corrected chi connectivity index (χ0v) is 19.7. The van der Waals surface area contributed by atoms with Crippen LogP contribution < -0.4 is 14.8 Å². The molecular formula is C22H20F3N5O5S. The number of sulfone groups is 1. The molecule has 1 fully saturated rings. The van der Waals surface area contributed by atoms with Gasteiger partial charge in [-0.05, 0) is 31.9 Å². The number of hydrogen-bond donors (Lipinski definition) is 1. The Morgan fingerprint density at radius 3 is 2.67 bits per heavy atom. The number of nitrogens with zero attached hydrogens (tertiary/aromatic N) is 4. The second kappa shape index (κ2) is 9.30. The van der Waals surface area contributed by atoms with Crippen molar-refractivity contribution in [1.29, 1.82) is 5.26 Å². The fourth-order valence-electron chi connectivity index (χ4n) is 3.54. The van der Waals surface area contributed by atoms with Gasteiger partial charge in [0.2, 0.25) is 0 Å². The zero-order valence-electron chi connectivity index (χ0n) is 18.9. The Morgan fingerprint density at radius 2 is 2.00 bits per heavy atom. The van der Waals surface area contributed by atoms with Crippen LogP contribution >= 0.6 is 0 Å². The number of carbonyl (C=O) groups excluding carboxylic acids is 1. The number of hydrogen-bond acceptors (Lipinski definition) is 8. The smallest absolute Gasteiger partial charge is 0.422 e. The van der Waals surface area contributed by atoms with Crippen molar-refractivity contribution in [2.24, 2.45) is 0 Å². The number of nitrogens with one attached hydrogen (secondary N) is 1. The fraction of sp³-hybridized carbons (Fsp3) is 0.364. The summed E-state index contributed by atoms with van der Waals surface area (Å²) in [6.07, 6.45) is -1.40. The van der Waals surface area contributed by atoms with Crippen LogP contribution in [0, 0.1) is 11.3 Å². The van der Waals surface area contributed by atoms with Gasteiger partial charge in [-0.2, -0.15) is 23.5 Å². The first kappa shape index (κ1) is 25.2. The van der Waals surface area contributed by atoms with E-state index in [4.69, 9.17) is 14.7 Å². The molecular weight excluding hydrogens is 503 g/mol. The molecule has 1 saturated heterocycles. The Bertz CT molecular complexity index is 1450. The molecule has 0 bridgehead atoms. The molecule has 10 nitrogen and oxygen atoms in total. The average molecular weight is 523 g/mol. The van der Waals surface area contributed by atoms with E-state index in [1.54, 1.807) is 13.0 Å². The summed E-state index contributed by atoms with van der Waals surface area (Å²) in [6, 6.07) is 7.30. The van der Waals surface area contributed by atoms with E-state index in [2.05, 4.69) is 15.4 Å². The molecule has 0 aliphatic carbocycles. The highest BCUT2D eigenvalue weighted by molar-refractivity contribution is 7.91. The molecule has 0 unspecified atom stereocenters. The van der Waals surface area contributed by atoms with Crippen molar-refractivity contribution in [2.45, 2.75) is 31.5 Å². The van der Waals surface area contributed by atoms with Crippen molar-refractivity contribution in [3.8, 4) is 23.4 Å². The predicted molar refractivity (Wildman–Crippen MR) is 120 cm³/mol. The lowest BCUT2D eigenvalue weighted by Gasteiger charge is -2.34. The molecule has 4 heterocycles. The molecule has 1 N–H and O–H groups in total. The first-order valence-corrected chi connectivity index (χ1v) is 12.5. The van der Waals surface area contributed by atoms with Gasteiger partial charge < -0.3 is 14.8 Å². The summed E-state index contributed by atoms with van der Waals surface area (Å²) in [4.78, 5) is 16.6. The molecule has 1 amide bonds. The van der Waals surface area contributed by atoms with Crippen LogP contribution in [0.15, 0.2) is 36.7 Å². The van der Waals surface area contributed by atoms with E-state index in [9.17, 15) is 26.4 Å². The van der Waals surface area contributed by atoms with E-state index in [1.807, 2.05) is 0 Å².